The molecular formula is C29H38N4O2. The Morgan fingerprint density at radius 2 is 1.91 bits per heavy atom. The van der Waals surface area contributed by atoms with E-state index in [2.05, 4.69) is 46.8 Å². The third kappa shape index (κ3) is 4.56. The van der Waals surface area contributed by atoms with Gasteiger partial charge in [-0.2, -0.15) is 0 Å². The van der Waals surface area contributed by atoms with Gasteiger partial charge in [-0.15, -0.1) is 0 Å². The zero-order chi connectivity index (χ0) is 24.4. The van der Waals surface area contributed by atoms with E-state index >= 15 is 0 Å². The normalized spacial score (nSPS) is 30.2. The lowest BCUT2D eigenvalue weighted by Crippen LogP contribution is -2.53. The minimum atomic E-state index is -0.443. The van der Waals surface area contributed by atoms with Gasteiger partial charge in [0, 0.05) is 25.1 Å². The molecule has 4 aliphatic rings. The van der Waals surface area contributed by atoms with Crippen molar-refractivity contribution >= 4 is 11.8 Å². The minimum absolute atomic E-state index is 0.00232. The maximum atomic E-state index is 13.8. The highest BCUT2D eigenvalue weighted by Gasteiger charge is 2.49. The number of nitrogens with zero attached hydrogens (tertiary/aromatic N) is 2. The third-order valence-electron chi connectivity index (χ3n) is 8.26. The smallest absolute Gasteiger partial charge is 0.254 e. The number of carbonyl (C=O) groups excluding carboxylic acids is 2. The molecule has 186 valence electrons. The Labute approximate surface area is 209 Å². The summed E-state index contributed by atoms with van der Waals surface area (Å²) in [6.07, 6.45) is 16.7. The highest BCUT2D eigenvalue weighted by Crippen LogP contribution is 2.44. The predicted molar refractivity (Wildman–Crippen MR) is 139 cm³/mol. The molecule has 0 aromatic heterocycles. The molecule has 0 radical (unpaired) electrons. The van der Waals surface area contributed by atoms with Crippen LogP contribution in [0.5, 0.6) is 0 Å². The molecule has 2 amide bonds. The molecule has 1 saturated heterocycles. The first kappa shape index (κ1) is 23.9. The monoisotopic (exact) mass is 474 g/mol. The van der Waals surface area contributed by atoms with E-state index in [0.717, 1.165) is 24.1 Å². The van der Waals surface area contributed by atoms with Gasteiger partial charge in [-0.25, -0.2) is 0 Å². The molecule has 4 atom stereocenters. The molecule has 3 heterocycles. The van der Waals surface area contributed by atoms with Crippen molar-refractivity contribution in [2.75, 3.05) is 33.2 Å². The summed E-state index contributed by atoms with van der Waals surface area (Å²) in [4.78, 5) is 31.5. The summed E-state index contributed by atoms with van der Waals surface area (Å²) in [6.45, 7) is 6.18. The van der Waals surface area contributed by atoms with Crippen LogP contribution in [0.15, 0.2) is 60.3 Å². The second-order valence-corrected chi connectivity index (χ2v) is 10.6. The molecule has 3 aliphatic heterocycles. The number of amides is 2. The summed E-state index contributed by atoms with van der Waals surface area (Å²) in [5, 5.41) is 6.76. The topological polar surface area (TPSA) is 64.7 Å². The van der Waals surface area contributed by atoms with E-state index in [9.17, 15) is 9.59 Å². The summed E-state index contributed by atoms with van der Waals surface area (Å²) >= 11 is 0. The average Bonchev–Trinajstić information content (AvgIpc) is 3.02. The summed E-state index contributed by atoms with van der Waals surface area (Å²) in [5.74, 6) is -0.374. The van der Waals surface area contributed by atoms with Crippen LogP contribution in [-0.4, -0.2) is 66.4 Å². The largest absolute Gasteiger partial charge is 0.381 e. The molecule has 4 unspecified atom stereocenters. The van der Waals surface area contributed by atoms with Gasteiger partial charge in [0.25, 0.3) is 5.91 Å². The van der Waals surface area contributed by atoms with Crippen molar-refractivity contribution in [3.63, 3.8) is 0 Å². The lowest BCUT2D eigenvalue weighted by Gasteiger charge is -2.42. The van der Waals surface area contributed by atoms with Gasteiger partial charge < -0.3 is 20.4 Å². The fourth-order valence-corrected chi connectivity index (χ4v) is 6.29. The van der Waals surface area contributed by atoms with Gasteiger partial charge in [-0.1, -0.05) is 55.3 Å². The van der Waals surface area contributed by atoms with E-state index in [1.807, 2.05) is 37.5 Å². The zero-order valence-corrected chi connectivity index (χ0v) is 21.0. The fourth-order valence-electron chi connectivity index (χ4n) is 6.29. The molecule has 0 saturated carbocycles. The summed E-state index contributed by atoms with van der Waals surface area (Å²) in [7, 11) is 1.83. The molecule has 1 aliphatic carbocycles. The minimum Gasteiger partial charge on any atom is -0.381 e. The van der Waals surface area contributed by atoms with Crippen LogP contribution in [0, 0.1) is 5.92 Å². The molecular weight excluding hydrogens is 436 g/mol. The van der Waals surface area contributed by atoms with Crippen molar-refractivity contribution in [3.05, 3.63) is 71.5 Å². The van der Waals surface area contributed by atoms with Crippen molar-refractivity contribution in [2.24, 2.45) is 5.92 Å². The Morgan fingerprint density at radius 3 is 2.71 bits per heavy atom. The third-order valence-corrected chi connectivity index (χ3v) is 8.26. The number of likely N-dealkylation sites (tertiary alicyclic amines) is 1. The van der Waals surface area contributed by atoms with Crippen LogP contribution < -0.4 is 10.6 Å². The van der Waals surface area contributed by atoms with Gasteiger partial charge in [0.2, 0.25) is 5.91 Å². The van der Waals surface area contributed by atoms with Gasteiger partial charge in [0.15, 0.2) is 0 Å². The van der Waals surface area contributed by atoms with Gasteiger partial charge >= 0.3 is 0 Å². The lowest BCUT2D eigenvalue weighted by atomic mass is 9.72. The molecule has 0 spiro atoms. The van der Waals surface area contributed by atoms with Crippen LogP contribution in [-0.2, 0) is 4.79 Å². The van der Waals surface area contributed by atoms with E-state index in [4.69, 9.17) is 0 Å². The van der Waals surface area contributed by atoms with Crippen LogP contribution in [0.1, 0.15) is 60.9 Å². The van der Waals surface area contributed by atoms with E-state index in [1.165, 1.54) is 38.8 Å². The van der Waals surface area contributed by atoms with Crippen LogP contribution in [0.3, 0.4) is 0 Å². The first-order chi connectivity index (χ1) is 17.0. The average molecular weight is 475 g/mol. The van der Waals surface area contributed by atoms with Crippen LogP contribution in [0.25, 0.3) is 0 Å². The Bertz CT molecular complexity index is 1050. The molecule has 2 N–H and O–H groups in total. The Balaban J connectivity index is 1.36. The van der Waals surface area contributed by atoms with E-state index in [-0.39, 0.29) is 29.3 Å². The molecule has 1 aromatic carbocycles. The van der Waals surface area contributed by atoms with Crippen molar-refractivity contribution in [1.29, 1.82) is 0 Å². The molecule has 1 fully saturated rings. The SMILES string of the molecule is CN1C(=O)c2ccccc2C(C(=O)NCCCN2CCCCCC2)C1C1=CNC2(C)C=CC=CC12. The number of hydrogen-bond donors (Lipinski definition) is 2. The van der Waals surface area contributed by atoms with E-state index in [1.54, 1.807) is 4.90 Å². The number of likely N-dealkylation sites (N-methyl/N-ethyl adjacent to an activating group) is 1. The number of nitrogens with one attached hydrogen (secondary N) is 2. The highest BCUT2D eigenvalue weighted by atomic mass is 16.2. The number of carbonyl (C=O) groups is 2. The van der Waals surface area contributed by atoms with Gasteiger partial charge in [0.05, 0.1) is 17.5 Å². The lowest BCUT2D eigenvalue weighted by molar-refractivity contribution is -0.123. The maximum absolute atomic E-state index is 13.8. The number of allylic oxidation sites excluding steroid dienone is 2. The Kier molecular flexibility index (Phi) is 6.83. The second-order valence-electron chi connectivity index (χ2n) is 10.6. The fraction of sp³-hybridized carbons (Fsp3) is 0.517. The van der Waals surface area contributed by atoms with Gasteiger partial charge in [-0.3, -0.25) is 9.59 Å². The molecule has 6 nitrogen and oxygen atoms in total. The number of benzene rings is 1. The van der Waals surface area contributed by atoms with Crippen molar-refractivity contribution < 1.29 is 9.59 Å². The highest BCUT2D eigenvalue weighted by molar-refractivity contribution is 6.01. The molecule has 6 heteroatoms. The van der Waals surface area contributed by atoms with Gasteiger partial charge in [-0.05, 0) is 69.2 Å². The molecule has 35 heavy (non-hydrogen) atoms. The number of fused-ring (bicyclic) bond motifs is 2. The Hall–Kier alpha value is -2.86. The number of hydrogen-bond acceptors (Lipinski definition) is 4. The molecule has 0 bridgehead atoms. The summed E-state index contributed by atoms with van der Waals surface area (Å²) in [5.41, 5.74) is 2.31. The quantitative estimate of drug-likeness (QED) is 0.619. The predicted octanol–water partition coefficient (Wildman–Crippen LogP) is 3.59. The van der Waals surface area contributed by atoms with E-state index in [0.29, 0.717) is 12.1 Å². The maximum Gasteiger partial charge on any atom is 0.254 e. The van der Waals surface area contributed by atoms with Crippen molar-refractivity contribution in [1.82, 2.24) is 20.4 Å². The molecule has 5 rings (SSSR count). The Morgan fingerprint density at radius 1 is 1.14 bits per heavy atom. The second kappa shape index (κ2) is 10.0. The van der Waals surface area contributed by atoms with Crippen LogP contribution in [0.4, 0.5) is 0 Å². The molecule has 1 aromatic rings. The first-order valence-corrected chi connectivity index (χ1v) is 13.2. The van der Waals surface area contributed by atoms with E-state index < -0.39 is 5.92 Å². The summed E-state index contributed by atoms with van der Waals surface area (Å²) in [6, 6.07) is 7.27. The number of rotatable bonds is 6. The first-order valence-electron chi connectivity index (χ1n) is 13.2. The van der Waals surface area contributed by atoms with Crippen LogP contribution >= 0.6 is 0 Å². The standard InChI is InChI=1S/C29H38N4O2/c1-29-15-8-7-14-24(29)23(20-31-29)26-25(21-12-5-6-13-22(21)28(35)32(26)2)27(34)30-16-11-19-33-17-9-3-4-10-18-33/h5-8,12-15,20,24-26,31H,3-4,9-11,16-19H2,1-2H3,(H,30,34). The van der Waals surface area contributed by atoms with Crippen molar-refractivity contribution in [3.8, 4) is 0 Å². The van der Waals surface area contributed by atoms with Gasteiger partial charge in [0.1, 0.15) is 0 Å². The summed E-state index contributed by atoms with van der Waals surface area (Å²) < 4.78 is 0. The van der Waals surface area contributed by atoms with Crippen molar-refractivity contribution in [2.45, 2.75) is 56.5 Å². The van der Waals surface area contributed by atoms with Crippen LogP contribution in [0.2, 0.25) is 0 Å². The zero-order valence-electron chi connectivity index (χ0n) is 21.0.